The highest BCUT2D eigenvalue weighted by Crippen LogP contribution is 2.29. The normalized spacial score (nSPS) is 11.9. The molecule has 0 amide bonds. The van der Waals surface area contributed by atoms with Crippen LogP contribution in [0.1, 0.15) is 17.3 Å². The van der Waals surface area contributed by atoms with Crippen LogP contribution in [0.4, 0.5) is 0 Å². The highest BCUT2D eigenvalue weighted by molar-refractivity contribution is 5.42. The molecule has 1 atom stereocenters. The topological polar surface area (TPSA) is 57.4 Å². The number of rotatable bonds is 5. The fourth-order valence-corrected chi connectivity index (χ4v) is 1.98. The molecule has 100 valence electrons. The van der Waals surface area contributed by atoms with Crippen molar-refractivity contribution in [2.24, 2.45) is 5.73 Å². The van der Waals surface area contributed by atoms with Crippen LogP contribution in [0.15, 0.2) is 42.6 Å². The summed E-state index contributed by atoms with van der Waals surface area (Å²) < 4.78 is 10.6. The van der Waals surface area contributed by atoms with Gasteiger partial charge in [0.15, 0.2) is 0 Å². The van der Waals surface area contributed by atoms with E-state index in [0.29, 0.717) is 6.42 Å². The molecule has 0 fully saturated rings. The lowest BCUT2D eigenvalue weighted by atomic mass is 10.0. The van der Waals surface area contributed by atoms with Gasteiger partial charge >= 0.3 is 0 Å². The van der Waals surface area contributed by atoms with E-state index < -0.39 is 0 Å². The van der Waals surface area contributed by atoms with Crippen LogP contribution in [0, 0.1) is 0 Å². The Hall–Kier alpha value is -2.07. The first kappa shape index (κ1) is 13.4. The molecule has 0 bridgehead atoms. The van der Waals surface area contributed by atoms with Crippen LogP contribution in [-0.2, 0) is 6.42 Å². The maximum absolute atomic E-state index is 6.25. The number of nitrogens with zero attached hydrogens (tertiary/aromatic N) is 1. The highest BCUT2D eigenvalue weighted by Gasteiger charge is 2.14. The molecular formula is C15H18N2O2. The molecule has 0 saturated heterocycles. The molecule has 1 heterocycles. The van der Waals surface area contributed by atoms with E-state index in [1.807, 2.05) is 36.4 Å². The van der Waals surface area contributed by atoms with Crippen molar-refractivity contribution in [1.29, 1.82) is 0 Å². The van der Waals surface area contributed by atoms with Crippen molar-refractivity contribution < 1.29 is 9.47 Å². The molecule has 0 radical (unpaired) electrons. The summed E-state index contributed by atoms with van der Waals surface area (Å²) in [7, 11) is 3.27. The quantitative estimate of drug-likeness (QED) is 0.894. The molecule has 2 aromatic rings. The first-order chi connectivity index (χ1) is 9.24. The van der Waals surface area contributed by atoms with Gasteiger partial charge in [-0.05, 0) is 30.3 Å². The monoisotopic (exact) mass is 258 g/mol. The lowest BCUT2D eigenvalue weighted by molar-refractivity contribution is 0.395. The lowest BCUT2D eigenvalue weighted by Gasteiger charge is -2.16. The molecule has 0 aliphatic rings. The van der Waals surface area contributed by atoms with Gasteiger partial charge < -0.3 is 15.2 Å². The molecule has 0 aliphatic carbocycles. The summed E-state index contributed by atoms with van der Waals surface area (Å²) in [5.41, 5.74) is 8.13. The third-order valence-electron chi connectivity index (χ3n) is 2.99. The Kier molecular flexibility index (Phi) is 4.36. The third kappa shape index (κ3) is 3.23. The number of nitrogens with two attached hydrogens (primary N) is 1. The molecule has 1 aromatic heterocycles. The Labute approximate surface area is 113 Å². The summed E-state index contributed by atoms with van der Waals surface area (Å²) in [6, 6.07) is 11.3. The van der Waals surface area contributed by atoms with Crippen LogP contribution in [-0.4, -0.2) is 19.2 Å². The van der Waals surface area contributed by atoms with Gasteiger partial charge in [0.2, 0.25) is 0 Å². The van der Waals surface area contributed by atoms with Crippen molar-refractivity contribution in [3.8, 4) is 11.5 Å². The molecule has 2 rings (SSSR count). The van der Waals surface area contributed by atoms with Crippen molar-refractivity contribution in [3.05, 3.63) is 53.9 Å². The zero-order chi connectivity index (χ0) is 13.7. The zero-order valence-corrected chi connectivity index (χ0v) is 11.2. The molecule has 0 spiro atoms. The van der Waals surface area contributed by atoms with E-state index in [0.717, 1.165) is 22.8 Å². The summed E-state index contributed by atoms with van der Waals surface area (Å²) in [5, 5.41) is 0. The van der Waals surface area contributed by atoms with Crippen LogP contribution < -0.4 is 15.2 Å². The number of benzene rings is 1. The Morgan fingerprint density at radius 1 is 1.16 bits per heavy atom. The number of aromatic nitrogens is 1. The van der Waals surface area contributed by atoms with E-state index in [-0.39, 0.29) is 6.04 Å². The van der Waals surface area contributed by atoms with Gasteiger partial charge in [-0.2, -0.15) is 0 Å². The maximum atomic E-state index is 6.25. The van der Waals surface area contributed by atoms with E-state index in [2.05, 4.69) is 4.98 Å². The minimum Gasteiger partial charge on any atom is -0.497 e. The van der Waals surface area contributed by atoms with Gasteiger partial charge in [0.1, 0.15) is 11.5 Å². The number of ether oxygens (including phenoxy) is 2. The average molecular weight is 258 g/mol. The predicted octanol–water partition coefficient (Wildman–Crippen LogP) is 2.34. The third-order valence-corrected chi connectivity index (χ3v) is 2.99. The number of pyridine rings is 1. The van der Waals surface area contributed by atoms with Crippen molar-refractivity contribution >= 4 is 0 Å². The second-order valence-electron chi connectivity index (χ2n) is 4.24. The second kappa shape index (κ2) is 6.20. The second-order valence-corrected chi connectivity index (χ2v) is 4.24. The van der Waals surface area contributed by atoms with Crippen LogP contribution >= 0.6 is 0 Å². The molecule has 0 aliphatic heterocycles. The van der Waals surface area contributed by atoms with E-state index in [1.54, 1.807) is 20.4 Å². The lowest BCUT2D eigenvalue weighted by Crippen LogP contribution is -2.15. The van der Waals surface area contributed by atoms with Crippen molar-refractivity contribution in [3.63, 3.8) is 0 Å². The Morgan fingerprint density at radius 3 is 2.63 bits per heavy atom. The molecule has 1 unspecified atom stereocenters. The summed E-state index contributed by atoms with van der Waals surface area (Å²) >= 11 is 0. The first-order valence-corrected chi connectivity index (χ1v) is 6.12. The van der Waals surface area contributed by atoms with E-state index >= 15 is 0 Å². The summed E-state index contributed by atoms with van der Waals surface area (Å²) in [6.07, 6.45) is 2.43. The number of hydrogen-bond acceptors (Lipinski definition) is 4. The fourth-order valence-electron chi connectivity index (χ4n) is 1.98. The van der Waals surface area contributed by atoms with Crippen molar-refractivity contribution in [1.82, 2.24) is 4.98 Å². The Balaban J connectivity index is 2.24. The maximum Gasteiger partial charge on any atom is 0.123 e. The van der Waals surface area contributed by atoms with Gasteiger partial charge in [-0.15, -0.1) is 0 Å². The summed E-state index contributed by atoms with van der Waals surface area (Å²) in [4.78, 5) is 4.29. The van der Waals surface area contributed by atoms with Gasteiger partial charge in [0.25, 0.3) is 0 Å². The smallest absolute Gasteiger partial charge is 0.123 e. The van der Waals surface area contributed by atoms with Crippen molar-refractivity contribution in [2.45, 2.75) is 12.5 Å². The van der Waals surface area contributed by atoms with Crippen molar-refractivity contribution in [2.75, 3.05) is 14.2 Å². The molecular weight excluding hydrogens is 240 g/mol. The molecule has 4 heteroatoms. The molecule has 0 saturated carbocycles. The van der Waals surface area contributed by atoms with Crippen LogP contribution in [0.25, 0.3) is 0 Å². The molecule has 1 aromatic carbocycles. The highest BCUT2D eigenvalue weighted by atomic mass is 16.5. The van der Waals surface area contributed by atoms with Gasteiger partial charge in [-0.3, -0.25) is 4.98 Å². The number of methoxy groups -OCH3 is 2. The molecule has 2 N–H and O–H groups in total. The van der Waals surface area contributed by atoms with E-state index in [9.17, 15) is 0 Å². The summed E-state index contributed by atoms with van der Waals surface area (Å²) in [5.74, 6) is 1.54. The fraction of sp³-hybridized carbons (Fsp3) is 0.267. The minimum atomic E-state index is -0.181. The first-order valence-electron chi connectivity index (χ1n) is 6.12. The largest absolute Gasteiger partial charge is 0.497 e. The van der Waals surface area contributed by atoms with Crippen LogP contribution in [0.3, 0.4) is 0 Å². The molecule has 19 heavy (non-hydrogen) atoms. The van der Waals surface area contributed by atoms with Gasteiger partial charge in [-0.25, -0.2) is 0 Å². The van der Waals surface area contributed by atoms with Gasteiger partial charge in [-0.1, -0.05) is 6.07 Å². The Bertz CT molecular complexity index is 529. The summed E-state index contributed by atoms with van der Waals surface area (Å²) in [6.45, 7) is 0. The SMILES string of the molecule is COc1ccc(OC)c(C(N)Cc2ccccn2)c1. The van der Waals surface area contributed by atoms with Crippen LogP contribution in [0.5, 0.6) is 11.5 Å². The number of hydrogen-bond donors (Lipinski definition) is 1. The Morgan fingerprint density at radius 2 is 2.00 bits per heavy atom. The van der Waals surface area contributed by atoms with Crippen LogP contribution in [0.2, 0.25) is 0 Å². The standard InChI is InChI=1S/C15H18N2O2/c1-18-12-6-7-15(19-2)13(10-12)14(16)9-11-5-3-4-8-17-11/h3-8,10,14H,9,16H2,1-2H3. The predicted molar refractivity (Wildman–Crippen MR) is 74.4 cm³/mol. The molecule has 4 nitrogen and oxygen atoms in total. The van der Waals surface area contributed by atoms with E-state index in [4.69, 9.17) is 15.2 Å². The van der Waals surface area contributed by atoms with Gasteiger partial charge in [0, 0.05) is 29.9 Å². The van der Waals surface area contributed by atoms with E-state index in [1.165, 1.54) is 0 Å². The minimum absolute atomic E-state index is 0.181. The average Bonchev–Trinajstić information content (AvgIpc) is 2.47. The van der Waals surface area contributed by atoms with Gasteiger partial charge in [0.05, 0.1) is 14.2 Å². The zero-order valence-electron chi connectivity index (χ0n) is 11.2.